The number of hydrogen-bond acceptors (Lipinski definition) is 3. The Labute approximate surface area is 125 Å². The molecular weight excluding hydrogens is 266 g/mol. The van der Waals surface area contributed by atoms with Crippen LogP contribution < -0.4 is 10.7 Å². The Morgan fingerprint density at radius 1 is 1.33 bits per heavy atom. The number of rotatable bonds is 6. The summed E-state index contributed by atoms with van der Waals surface area (Å²) in [7, 11) is 0. The van der Waals surface area contributed by atoms with Crippen molar-refractivity contribution >= 4 is 17.5 Å². The molecule has 0 bridgehead atoms. The molecule has 0 aromatic heterocycles. The molecule has 1 heterocycles. The van der Waals surface area contributed by atoms with Crippen molar-refractivity contribution in [2.45, 2.75) is 26.2 Å². The highest BCUT2D eigenvalue weighted by Gasteiger charge is 2.21. The van der Waals surface area contributed by atoms with Crippen molar-refractivity contribution in [3.8, 4) is 0 Å². The number of carbonyl (C=O) groups is 2. The molecule has 1 aliphatic heterocycles. The molecule has 1 aromatic carbocycles. The molecule has 2 rings (SSSR count). The molecule has 1 aromatic rings. The van der Waals surface area contributed by atoms with Gasteiger partial charge in [-0.25, -0.2) is 5.01 Å². The van der Waals surface area contributed by atoms with E-state index in [1.165, 1.54) is 5.01 Å². The summed E-state index contributed by atoms with van der Waals surface area (Å²) in [6.45, 7) is 2.75. The maximum Gasteiger partial charge on any atom is 0.245 e. The molecule has 0 saturated carbocycles. The summed E-state index contributed by atoms with van der Waals surface area (Å²) in [6.07, 6.45) is 4.13. The molecule has 0 radical (unpaired) electrons. The summed E-state index contributed by atoms with van der Waals surface area (Å²) < 4.78 is 0. The van der Waals surface area contributed by atoms with Crippen molar-refractivity contribution in [3.63, 3.8) is 0 Å². The Morgan fingerprint density at radius 2 is 2.10 bits per heavy atom. The van der Waals surface area contributed by atoms with Gasteiger partial charge in [-0.05, 0) is 18.1 Å². The topological polar surface area (TPSA) is 61.4 Å². The van der Waals surface area contributed by atoms with Crippen molar-refractivity contribution in [2.75, 3.05) is 13.1 Å². The number of amides is 2. The van der Waals surface area contributed by atoms with E-state index in [1.807, 2.05) is 36.4 Å². The zero-order chi connectivity index (χ0) is 15.1. The minimum absolute atomic E-state index is 0.0344. The van der Waals surface area contributed by atoms with Crippen molar-refractivity contribution < 1.29 is 9.59 Å². The van der Waals surface area contributed by atoms with Gasteiger partial charge in [0.05, 0.1) is 5.70 Å². The molecule has 1 aliphatic rings. The lowest BCUT2D eigenvalue weighted by molar-refractivity contribution is -0.137. The van der Waals surface area contributed by atoms with E-state index < -0.39 is 0 Å². The zero-order valence-corrected chi connectivity index (χ0v) is 12.3. The van der Waals surface area contributed by atoms with Crippen LogP contribution in [0, 0.1) is 0 Å². The first-order valence-corrected chi connectivity index (χ1v) is 7.30. The van der Waals surface area contributed by atoms with Crippen molar-refractivity contribution in [1.29, 1.82) is 0 Å². The second-order valence-electron chi connectivity index (χ2n) is 4.98. The average molecular weight is 287 g/mol. The van der Waals surface area contributed by atoms with E-state index in [0.29, 0.717) is 13.0 Å². The Morgan fingerprint density at radius 3 is 2.81 bits per heavy atom. The fourth-order valence-corrected chi connectivity index (χ4v) is 2.08. The van der Waals surface area contributed by atoms with Gasteiger partial charge < -0.3 is 5.32 Å². The molecule has 112 valence electrons. The first-order chi connectivity index (χ1) is 10.2. The fourth-order valence-electron chi connectivity index (χ4n) is 2.08. The molecule has 2 amide bonds. The average Bonchev–Trinajstić information content (AvgIpc) is 2.51. The van der Waals surface area contributed by atoms with Crippen molar-refractivity contribution in [1.82, 2.24) is 15.8 Å². The standard InChI is InChI=1S/C16H21N3O2/c1-2-3-11-17-15(20)12-19-16(21)10-9-14(18-19)13-7-5-4-6-8-13/h4-9,18H,2-3,10-12H2,1H3,(H,17,20). The molecule has 0 unspecified atom stereocenters. The number of carbonyl (C=O) groups excluding carboxylic acids is 2. The third-order valence-electron chi connectivity index (χ3n) is 3.28. The van der Waals surface area contributed by atoms with Gasteiger partial charge in [-0.1, -0.05) is 43.7 Å². The van der Waals surface area contributed by atoms with Crippen LogP contribution in [0.25, 0.3) is 5.70 Å². The lowest BCUT2D eigenvalue weighted by atomic mass is 10.1. The zero-order valence-electron chi connectivity index (χ0n) is 12.3. The van der Waals surface area contributed by atoms with Crippen LogP contribution in [-0.2, 0) is 9.59 Å². The van der Waals surface area contributed by atoms with Crippen LogP contribution in [-0.4, -0.2) is 29.9 Å². The SMILES string of the molecule is CCCCNC(=O)CN1NC(c2ccccc2)=CCC1=O. The van der Waals surface area contributed by atoms with E-state index in [2.05, 4.69) is 17.7 Å². The van der Waals surface area contributed by atoms with Crippen LogP contribution in [0.5, 0.6) is 0 Å². The molecule has 0 aliphatic carbocycles. The first kappa shape index (κ1) is 15.1. The second kappa shape index (κ2) is 7.47. The smallest absolute Gasteiger partial charge is 0.245 e. The van der Waals surface area contributed by atoms with Gasteiger partial charge in [0.25, 0.3) is 0 Å². The Hall–Kier alpha value is -2.30. The summed E-state index contributed by atoms with van der Waals surface area (Å²) in [6, 6.07) is 9.76. The Kier molecular flexibility index (Phi) is 5.37. The van der Waals surface area contributed by atoms with E-state index in [0.717, 1.165) is 24.1 Å². The highest BCUT2D eigenvalue weighted by atomic mass is 16.2. The third-order valence-corrected chi connectivity index (χ3v) is 3.28. The Balaban J connectivity index is 1.94. The van der Waals surface area contributed by atoms with Crippen LogP contribution in [0.1, 0.15) is 31.7 Å². The van der Waals surface area contributed by atoms with Gasteiger partial charge in [-0.2, -0.15) is 0 Å². The van der Waals surface area contributed by atoms with E-state index in [4.69, 9.17) is 0 Å². The van der Waals surface area contributed by atoms with Gasteiger partial charge in [0.2, 0.25) is 11.8 Å². The number of hydrogen-bond donors (Lipinski definition) is 2. The highest BCUT2D eigenvalue weighted by Crippen LogP contribution is 2.16. The summed E-state index contributed by atoms with van der Waals surface area (Å²) in [5, 5.41) is 4.19. The maximum absolute atomic E-state index is 11.9. The van der Waals surface area contributed by atoms with E-state index >= 15 is 0 Å². The second-order valence-corrected chi connectivity index (χ2v) is 4.98. The molecule has 0 saturated heterocycles. The van der Waals surface area contributed by atoms with Crippen LogP contribution >= 0.6 is 0 Å². The van der Waals surface area contributed by atoms with Crippen molar-refractivity contribution in [2.24, 2.45) is 0 Å². The predicted molar refractivity (Wildman–Crippen MR) is 81.8 cm³/mol. The molecular formula is C16H21N3O2. The minimum atomic E-state index is -0.140. The van der Waals surface area contributed by atoms with Crippen LogP contribution in [0.15, 0.2) is 36.4 Å². The highest BCUT2D eigenvalue weighted by molar-refractivity contribution is 5.88. The van der Waals surface area contributed by atoms with Gasteiger partial charge in [0.1, 0.15) is 6.54 Å². The third kappa shape index (κ3) is 4.34. The van der Waals surface area contributed by atoms with E-state index in [9.17, 15) is 9.59 Å². The first-order valence-electron chi connectivity index (χ1n) is 7.30. The van der Waals surface area contributed by atoms with Gasteiger partial charge in [-0.15, -0.1) is 0 Å². The number of hydrazine groups is 1. The van der Waals surface area contributed by atoms with Gasteiger partial charge >= 0.3 is 0 Å². The number of unbranched alkanes of at least 4 members (excludes halogenated alkanes) is 1. The molecule has 0 atom stereocenters. The minimum Gasteiger partial charge on any atom is -0.354 e. The molecule has 5 heteroatoms. The van der Waals surface area contributed by atoms with Gasteiger partial charge in [-0.3, -0.25) is 15.0 Å². The number of benzene rings is 1. The predicted octanol–water partition coefficient (Wildman–Crippen LogP) is 1.68. The molecule has 0 spiro atoms. The fraction of sp³-hybridized carbons (Fsp3) is 0.375. The quantitative estimate of drug-likeness (QED) is 0.783. The monoisotopic (exact) mass is 287 g/mol. The maximum atomic E-state index is 11.9. The number of nitrogens with one attached hydrogen (secondary N) is 2. The number of nitrogens with zero attached hydrogens (tertiary/aromatic N) is 1. The molecule has 5 nitrogen and oxygen atoms in total. The van der Waals surface area contributed by atoms with E-state index in [-0.39, 0.29) is 18.4 Å². The van der Waals surface area contributed by atoms with Crippen LogP contribution in [0.4, 0.5) is 0 Å². The lowest BCUT2D eigenvalue weighted by Gasteiger charge is -2.28. The van der Waals surface area contributed by atoms with Crippen LogP contribution in [0.2, 0.25) is 0 Å². The normalized spacial score (nSPS) is 14.4. The van der Waals surface area contributed by atoms with Gasteiger partial charge in [0, 0.05) is 13.0 Å². The van der Waals surface area contributed by atoms with E-state index in [1.54, 1.807) is 0 Å². The van der Waals surface area contributed by atoms with Crippen molar-refractivity contribution in [3.05, 3.63) is 42.0 Å². The summed E-state index contributed by atoms with van der Waals surface area (Å²) in [5.41, 5.74) is 4.88. The summed E-state index contributed by atoms with van der Waals surface area (Å²) >= 11 is 0. The summed E-state index contributed by atoms with van der Waals surface area (Å²) in [4.78, 5) is 23.7. The molecule has 2 N–H and O–H groups in total. The largest absolute Gasteiger partial charge is 0.354 e. The van der Waals surface area contributed by atoms with Gasteiger partial charge in [0.15, 0.2) is 0 Å². The Bertz CT molecular complexity index is 526. The van der Waals surface area contributed by atoms with Crippen LogP contribution in [0.3, 0.4) is 0 Å². The molecule has 21 heavy (non-hydrogen) atoms. The summed E-state index contributed by atoms with van der Waals surface area (Å²) in [5.74, 6) is -0.237. The molecule has 0 fully saturated rings. The lowest BCUT2D eigenvalue weighted by Crippen LogP contribution is -2.49.